The molecule has 100 valence electrons. The Hall–Kier alpha value is -1.97. The predicted octanol–water partition coefficient (Wildman–Crippen LogP) is 4.11. The summed E-state index contributed by atoms with van der Waals surface area (Å²) in [7, 11) is 0. The summed E-state index contributed by atoms with van der Waals surface area (Å²) in [6.07, 6.45) is 2.23. The van der Waals surface area contributed by atoms with E-state index in [0.29, 0.717) is 5.56 Å². The average Bonchev–Trinajstić information content (AvgIpc) is 2.46. The molecule has 0 aliphatic carbocycles. The Morgan fingerprint density at radius 1 is 1.10 bits per heavy atom. The number of nitrogens with zero attached hydrogens (tertiary/aromatic N) is 1. The van der Waals surface area contributed by atoms with Gasteiger partial charge in [-0.2, -0.15) is 0 Å². The van der Waals surface area contributed by atoms with Crippen LogP contribution in [0.3, 0.4) is 0 Å². The molecule has 1 atom stereocenters. The van der Waals surface area contributed by atoms with Gasteiger partial charge in [0.15, 0.2) is 0 Å². The lowest BCUT2D eigenvalue weighted by molar-refractivity contribution is 0.216. The van der Waals surface area contributed by atoms with Crippen molar-refractivity contribution in [2.75, 3.05) is 0 Å². The number of rotatable bonds is 2. The van der Waals surface area contributed by atoms with E-state index in [2.05, 4.69) is 4.98 Å². The summed E-state index contributed by atoms with van der Waals surface area (Å²) < 4.78 is 13.9. The van der Waals surface area contributed by atoms with Gasteiger partial charge in [-0.05, 0) is 29.1 Å². The summed E-state index contributed by atoms with van der Waals surface area (Å²) in [5.41, 5.74) is 0.704. The Morgan fingerprint density at radius 2 is 1.90 bits per heavy atom. The highest BCUT2D eigenvalue weighted by Gasteiger charge is 2.20. The molecule has 0 aliphatic rings. The summed E-state index contributed by atoms with van der Waals surface area (Å²) in [4.78, 5) is 4.04. The molecule has 0 spiro atoms. The average molecular weight is 288 g/mol. The fourth-order valence-corrected chi connectivity index (χ4v) is 2.58. The second kappa shape index (κ2) is 5.19. The highest BCUT2D eigenvalue weighted by molar-refractivity contribution is 6.31. The summed E-state index contributed by atoms with van der Waals surface area (Å²) in [5, 5.41) is 12.4. The van der Waals surface area contributed by atoms with Crippen molar-refractivity contribution in [3.63, 3.8) is 0 Å². The van der Waals surface area contributed by atoms with Crippen LogP contribution in [0.1, 0.15) is 17.2 Å². The number of hydrogen-bond donors (Lipinski definition) is 1. The molecule has 0 fully saturated rings. The third-order valence-corrected chi connectivity index (χ3v) is 3.61. The minimum atomic E-state index is -1.12. The van der Waals surface area contributed by atoms with Gasteiger partial charge in [-0.25, -0.2) is 4.39 Å². The number of benzene rings is 2. The molecule has 0 saturated carbocycles. The monoisotopic (exact) mass is 287 g/mol. The maximum absolute atomic E-state index is 13.9. The number of aliphatic hydroxyl groups excluding tert-OH is 1. The van der Waals surface area contributed by atoms with E-state index in [4.69, 9.17) is 11.6 Å². The Kier molecular flexibility index (Phi) is 3.38. The molecule has 3 rings (SSSR count). The predicted molar refractivity (Wildman–Crippen MR) is 77.2 cm³/mol. The maximum Gasteiger partial charge on any atom is 0.130 e. The quantitative estimate of drug-likeness (QED) is 0.769. The minimum Gasteiger partial charge on any atom is -0.383 e. The second-order valence-corrected chi connectivity index (χ2v) is 4.89. The standard InChI is InChI=1S/C16H11ClFNO/c17-13-5-2-6-14(18)15(13)16(20)12-4-1-3-10-9-19-8-7-11(10)12/h1-9,16,20H. The highest BCUT2D eigenvalue weighted by atomic mass is 35.5. The van der Waals surface area contributed by atoms with Gasteiger partial charge >= 0.3 is 0 Å². The molecule has 0 aliphatic heterocycles. The van der Waals surface area contributed by atoms with Crippen molar-refractivity contribution in [3.8, 4) is 0 Å². The lowest BCUT2D eigenvalue weighted by Crippen LogP contribution is -2.04. The van der Waals surface area contributed by atoms with Crippen LogP contribution in [-0.4, -0.2) is 10.1 Å². The molecule has 0 saturated heterocycles. The van der Waals surface area contributed by atoms with Gasteiger partial charge in [-0.15, -0.1) is 0 Å². The summed E-state index contributed by atoms with van der Waals surface area (Å²) in [5.74, 6) is -0.518. The van der Waals surface area contributed by atoms with Crippen LogP contribution in [0.15, 0.2) is 54.9 Å². The van der Waals surface area contributed by atoms with E-state index in [1.807, 2.05) is 6.07 Å². The van der Waals surface area contributed by atoms with Crippen LogP contribution in [0.25, 0.3) is 10.8 Å². The van der Waals surface area contributed by atoms with Gasteiger partial charge in [0.25, 0.3) is 0 Å². The van der Waals surface area contributed by atoms with Gasteiger partial charge < -0.3 is 5.11 Å². The van der Waals surface area contributed by atoms with Crippen LogP contribution < -0.4 is 0 Å². The van der Waals surface area contributed by atoms with Crippen molar-refractivity contribution in [2.45, 2.75) is 6.10 Å². The summed E-state index contributed by atoms with van der Waals surface area (Å²) in [6.45, 7) is 0. The van der Waals surface area contributed by atoms with Crippen LogP contribution in [0.2, 0.25) is 5.02 Å². The van der Waals surface area contributed by atoms with Crippen molar-refractivity contribution in [1.29, 1.82) is 0 Å². The van der Waals surface area contributed by atoms with Gasteiger partial charge in [0.2, 0.25) is 0 Å². The van der Waals surface area contributed by atoms with Gasteiger partial charge in [0.1, 0.15) is 11.9 Å². The molecule has 2 nitrogen and oxygen atoms in total. The molecule has 0 amide bonds. The van der Waals surface area contributed by atoms with Crippen molar-refractivity contribution >= 4 is 22.4 Å². The summed E-state index contributed by atoms with van der Waals surface area (Å²) in [6, 6.07) is 11.6. The first-order chi connectivity index (χ1) is 9.68. The Balaban J connectivity index is 2.21. The Labute approximate surface area is 120 Å². The number of pyridine rings is 1. The molecule has 3 aromatic rings. The van der Waals surface area contributed by atoms with E-state index in [1.54, 1.807) is 36.7 Å². The first-order valence-corrected chi connectivity index (χ1v) is 6.51. The molecule has 1 heterocycles. The molecule has 0 radical (unpaired) electrons. The van der Waals surface area contributed by atoms with Crippen molar-refractivity contribution in [3.05, 3.63) is 76.8 Å². The lowest BCUT2D eigenvalue weighted by atomic mass is 9.96. The first-order valence-electron chi connectivity index (χ1n) is 6.13. The SMILES string of the molecule is OC(c1c(F)cccc1Cl)c1cccc2cnccc12. The number of aliphatic hydroxyl groups is 1. The second-order valence-electron chi connectivity index (χ2n) is 4.48. The third kappa shape index (κ3) is 2.15. The Morgan fingerprint density at radius 3 is 2.70 bits per heavy atom. The van der Waals surface area contributed by atoms with E-state index in [9.17, 15) is 9.50 Å². The van der Waals surface area contributed by atoms with Gasteiger partial charge in [0, 0.05) is 28.4 Å². The molecule has 4 heteroatoms. The molecule has 0 bridgehead atoms. The zero-order chi connectivity index (χ0) is 14.1. The maximum atomic E-state index is 13.9. The van der Waals surface area contributed by atoms with Crippen molar-refractivity contribution in [1.82, 2.24) is 4.98 Å². The normalized spacial score (nSPS) is 12.6. The number of halogens is 2. The van der Waals surface area contributed by atoms with Gasteiger partial charge in [-0.3, -0.25) is 4.98 Å². The van der Waals surface area contributed by atoms with E-state index >= 15 is 0 Å². The van der Waals surface area contributed by atoms with E-state index in [1.165, 1.54) is 12.1 Å². The first kappa shape index (κ1) is 13.0. The van der Waals surface area contributed by atoms with Crippen LogP contribution in [-0.2, 0) is 0 Å². The summed E-state index contributed by atoms with van der Waals surface area (Å²) >= 11 is 6.01. The minimum absolute atomic E-state index is 0.0958. The fourth-order valence-electron chi connectivity index (χ4n) is 2.31. The Bertz CT molecular complexity index is 750. The molecule has 1 unspecified atom stereocenters. The molecular weight excluding hydrogens is 277 g/mol. The highest BCUT2D eigenvalue weighted by Crippen LogP contribution is 2.33. The zero-order valence-electron chi connectivity index (χ0n) is 10.4. The van der Waals surface area contributed by atoms with Crippen LogP contribution in [0, 0.1) is 5.82 Å². The zero-order valence-corrected chi connectivity index (χ0v) is 11.2. The topological polar surface area (TPSA) is 33.1 Å². The molecule has 1 aromatic heterocycles. The van der Waals surface area contributed by atoms with Gasteiger partial charge in [-0.1, -0.05) is 35.9 Å². The van der Waals surface area contributed by atoms with Gasteiger partial charge in [0.05, 0.1) is 0 Å². The van der Waals surface area contributed by atoms with Crippen LogP contribution in [0.5, 0.6) is 0 Å². The molecule has 20 heavy (non-hydrogen) atoms. The van der Waals surface area contributed by atoms with Crippen molar-refractivity contribution in [2.24, 2.45) is 0 Å². The number of fused-ring (bicyclic) bond motifs is 1. The number of aromatic nitrogens is 1. The lowest BCUT2D eigenvalue weighted by Gasteiger charge is -2.16. The molecule has 1 N–H and O–H groups in total. The number of hydrogen-bond acceptors (Lipinski definition) is 2. The smallest absolute Gasteiger partial charge is 0.130 e. The van der Waals surface area contributed by atoms with E-state index < -0.39 is 11.9 Å². The van der Waals surface area contributed by atoms with Crippen molar-refractivity contribution < 1.29 is 9.50 Å². The molecule has 2 aromatic carbocycles. The third-order valence-electron chi connectivity index (χ3n) is 3.28. The van der Waals surface area contributed by atoms with Crippen LogP contribution in [0.4, 0.5) is 4.39 Å². The largest absolute Gasteiger partial charge is 0.383 e. The van der Waals surface area contributed by atoms with E-state index in [-0.39, 0.29) is 10.6 Å². The molecular formula is C16H11ClFNO. The van der Waals surface area contributed by atoms with E-state index in [0.717, 1.165) is 10.8 Å². The van der Waals surface area contributed by atoms with Crippen LogP contribution >= 0.6 is 11.6 Å². The fraction of sp³-hybridized carbons (Fsp3) is 0.0625.